The molecule has 4 bridgehead atoms. The first-order chi connectivity index (χ1) is 22.1. The van der Waals surface area contributed by atoms with Crippen LogP contribution in [0.5, 0.6) is 5.88 Å². The molecule has 4 fully saturated rings. The van der Waals surface area contributed by atoms with E-state index in [0.29, 0.717) is 64.3 Å². The molecule has 5 aliphatic rings. The first-order valence-electron chi connectivity index (χ1n) is 17.3. The van der Waals surface area contributed by atoms with Crippen LogP contribution < -0.4 is 19.7 Å². The minimum absolute atomic E-state index is 0.171. The molecule has 46 heavy (non-hydrogen) atoms. The molecule has 2 spiro atoms. The van der Waals surface area contributed by atoms with E-state index >= 15 is 0 Å². The monoisotopic (exact) mass is 641 g/mol. The van der Waals surface area contributed by atoms with Crippen LogP contribution in [0.4, 0.5) is 11.6 Å². The van der Waals surface area contributed by atoms with Gasteiger partial charge in [-0.3, -0.25) is 9.52 Å². The number of anilines is 2. The molecule has 2 aliphatic heterocycles. The van der Waals surface area contributed by atoms with Gasteiger partial charge in [0.25, 0.3) is 5.91 Å². The van der Waals surface area contributed by atoms with Crippen molar-refractivity contribution in [1.29, 1.82) is 0 Å². The topological polar surface area (TPSA) is 97.2 Å². The second-order valence-electron chi connectivity index (χ2n) is 15.6. The molecule has 3 aromatic heterocycles. The Bertz CT molecular complexity index is 1630. The van der Waals surface area contributed by atoms with E-state index in [0.717, 1.165) is 42.6 Å². The number of amides is 1. The summed E-state index contributed by atoms with van der Waals surface area (Å²) in [4.78, 5) is 26.1. The van der Waals surface area contributed by atoms with Crippen molar-refractivity contribution in [1.82, 2.24) is 24.5 Å². The molecule has 10 heteroatoms. The maximum atomic E-state index is 13.8. The lowest BCUT2D eigenvalue weighted by Crippen LogP contribution is -2.40. The molecule has 3 aliphatic carbocycles. The van der Waals surface area contributed by atoms with Crippen LogP contribution in [-0.2, 0) is 0 Å². The average Bonchev–Trinajstić information content (AvgIpc) is 3.98. The van der Waals surface area contributed by atoms with Crippen molar-refractivity contribution in [2.24, 2.45) is 34.5 Å². The van der Waals surface area contributed by atoms with E-state index in [2.05, 4.69) is 49.6 Å². The van der Waals surface area contributed by atoms with E-state index in [1.807, 2.05) is 42.6 Å². The summed E-state index contributed by atoms with van der Waals surface area (Å²) in [5, 5.41) is 9.19. The van der Waals surface area contributed by atoms with E-state index in [1.165, 1.54) is 37.6 Å². The number of rotatable bonds is 6. The largest absolute Gasteiger partial charge is 0.477 e. The number of nitrogens with one attached hydrogen (secondary N) is 2. The van der Waals surface area contributed by atoms with Crippen molar-refractivity contribution in [2.75, 3.05) is 23.4 Å². The molecule has 9 nitrogen and oxygen atoms in total. The normalized spacial score (nSPS) is 27.0. The number of carbonyl (C=O) groups is 1. The zero-order valence-electron chi connectivity index (χ0n) is 27.8. The van der Waals surface area contributed by atoms with Gasteiger partial charge >= 0.3 is 0 Å². The first-order valence-corrected chi connectivity index (χ1v) is 18.1. The second-order valence-corrected chi connectivity index (χ2v) is 16.5. The Labute approximate surface area is 276 Å². The number of pyridine rings is 2. The van der Waals surface area contributed by atoms with Gasteiger partial charge < -0.3 is 15.0 Å². The third-order valence-electron chi connectivity index (χ3n) is 12.1. The highest BCUT2D eigenvalue weighted by atomic mass is 32.2. The number of nitrogens with zero attached hydrogens (tertiary/aromatic N) is 5. The van der Waals surface area contributed by atoms with Gasteiger partial charge in [-0.15, -0.1) is 5.10 Å². The molecule has 8 rings (SSSR count). The first kappa shape index (κ1) is 30.1. The molecule has 1 saturated heterocycles. The summed E-state index contributed by atoms with van der Waals surface area (Å²) in [7, 11) is 0. The predicted octanol–water partition coefficient (Wildman–Crippen LogP) is 7.14. The van der Waals surface area contributed by atoms with Crippen LogP contribution in [0.1, 0.15) is 89.9 Å². The highest BCUT2D eigenvalue weighted by molar-refractivity contribution is 7.97. The zero-order valence-corrected chi connectivity index (χ0v) is 28.6. The molecular weight excluding hydrogens is 595 g/mol. The molecule has 3 atom stereocenters. The lowest BCUT2D eigenvalue weighted by molar-refractivity contribution is 0.0984. The molecule has 3 aromatic rings. The van der Waals surface area contributed by atoms with Gasteiger partial charge in [-0.25, -0.2) is 14.6 Å². The van der Waals surface area contributed by atoms with Crippen LogP contribution in [0.15, 0.2) is 47.6 Å². The van der Waals surface area contributed by atoms with E-state index < -0.39 is 0 Å². The Hall–Kier alpha value is -3.27. The van der Waals surface area contributed by atoms with Gasteiger partial charge in [0.2, 0.25) is 5.88 Å². The van der Waals surface area contributed by atoms with Crippen molar-refractivity contribution in [3.05, 3.63) is 48.2 Å². The Balaban J connectivity index is 1.06. The van der Waals surface area contributed by atoms with Crippen molar-refractivity contribution in [2.45, 2.75) is 96.2 Å². The molecule has 0 radical (unpaired) electrons. The van der Waals surface area contributed by atoms with Gasteiger partial charge in [0.1, 0.15) is 16.7 Å². The summed E-state index contributed by atoms with van der Waals surface area (Å²) in [6.45, 7) is 13.0. The fourth-order valence-electron chi connectivity index (χ4n) is 9.14. The number of fused-ring (bicyclic) bond motifs is 7. The Morgan fingerprint density at radius 2 is 1.85 bits per heavy atom. The summed E-state index contributed by atoms with van der Waals surface area (Å²) in [5.74, 6) is 4.90. The highest BCUT2D eigenvalue weighted by Crippen LogP contribution is 2.93. The van der Waals surface area contributed by atoms with E-state index in [4.69, 9.17) is 19.8 Å². The zero-order chi connectivity index (χ0) is 31.8. The molecule has 3 saturated carbocycles. The van der Waals surface area contributed by atoms with Crippen molar-refractivity contribution >= 4 is 29.5 Å². The molecule has 5 heterocycles. The minimum atomic E-state index is -0.187. The molecule has 244 valence electrons. The molecular formula is C36H47N7O2S. The number of hydrogen-bond donors (Lipinski definition) is 2. The van der Waals surface area contributed by atoms with Gasteiger partial charge in [0, 0.05) is 42.3 Å². The molecule has 0 aromatic carbocycles. The van der Waals surface area contributed by atoms with Crippen LogP contribution in [0, 0.1) is 34.5 Å². The number of hydrogen-bond acceptors (Lipinski definition) is 8. The fraction of sp³-hybridized carbons (Fsp3) is 0.611. The Morgan fingerprint density at radius 1 is 1.07 bits per heavy atom. The predicted molar refractivity (Wildman–Crippen MR) is 181 cm³/mol. The number of ether oxygens (including phenoxy) is 1. The summed E-state index contributed by atoms with van der Waals surface area (Å²) in [6.07, 6.45) is 10.8. The van der Waals surface area contributed by atoms with Gasteiger partial charge in [-0.2, -0.15) is 0 Å². The summed E-state index contributed by atoms with van der Waals surface area (Å²) < 4.78 is 11.0. The lowest BCUT2D eigenvalue weighted by atomic mass is 9.82. The van der Waals surface area contributed by atoms with Crippen molar-refractivity contribution < 1.29 is 9.53 Å². The third kappa shape index (κ3) is 5.15. The van der Waals surface area contributed by atoms with Crippen LogP contribution in [-0.4, -0.2) is 50.4 Å². The maximum Gasteiger partial charge on any atom is 0.265 e. The summed E-state index contributed by atoms with van der Waals surface area (Å²) >= 11 is 1.24. The van der Waals surface area contributed by atoms with Gasteiger partial charge in [0.15, 0.2) is 5.82 Å². The minimum Gasteiger partial charge on any atom is -0.477 e. The van der Waals surface area contributed by atoms with Gasteiger partial charge in [-0.1, -0.05) is 26.8 Å². The van der Waals surface area contributed by atoms with Crippen LogP contribution in [0.25, 0.3) is 5.82 Å². The Kier molecular flexibility index (Phi) is 7.12. The summed E-state index contributed by atoms with van der Waals surface area (Å²) in [6, 6.07) is 11.9. The summed E-state index contributed by atoms with van der Waals surface area (Å²) in [5.41, 5.74) is 1.78. The van der Waals surface area contributed by atoms with Gasteiger partial charge in [-0.05, 0) is 118 Å². The second kappa shape index (κ2) is 10.9. The van der Waals surface area contributed by atoms with Crippen molar-refractivity contribution in [3.63, 3.8) is 0 Å². The highest BCUT2D eigenvalue weighted by Gasteiger charge is 2.85. The molecule has 3 unspecified atom stereocenters. The lowest BCUT2D eigenvalue weighted by Gasteiger charge is -2.34. The van der Waals surface area contributed by atoms with Crippen molar-refractivity contribution in [3.8, 4) is 11.7 Å². The average molecular weight is 642 g/mol. The van der Waals surface area contributed by atoms with Crippen LogP contribution >= 0.6 is 11.9 Å². The number of aromatic nitrogens is 4. The SMILES string of the molecule is CC(C)C1CC(C)C2CN(c3nc(-n4ccc(OCCC5C6(CC6)C56CC6)n4)ccc3C(=O)NSc3cccc(n3)N1)C(C)(C)C2. The van der Waals surface area contributed by atoms with Crippen LogP contribution in [0.3, 0.4) is 0 Å². The Morgan fingerprint density at radius 3 is 2.59 bits per heavy atom. The molecule has 1 amide bonds. The van der Waals surface area contributed by atoms with Gasteiger partial charge in [0.05, 0.1) is 12.2 Å². The van der Waals surface area contributed by atoms with E-state index in [9.17, 15) is 4.79 Å². The molecule has 2 N–H and O–H groups in total. The third-order valence-corrected chi connectivity index (χ3v) is 12.8. The quantitative estimate of drug-likeness (QED) is 0.274. The van der Waals surface area contributed by atoms with E-state index in [-0.39, 0.29) is 11.4 Å². The number of carbonyl (C=O) groups excluding carboxylic acids is 1. The van der Waals surface area contributed by atoms with Crippen LogP contribution in [0.2, 0.25) is 0 Å². The smallest absolute Gasteiger partial charge is 0.265 e. The fourth-order valence-corrected chi connectivity index (χ4v) is 9.73. The standard InChI is InChI=1S/C36H47N7O2S/c1-22(2)26-19-23(3)24-20-34(4,5)42(21-24)32-25(33(44)41-46-31-8-6-7-28(37-26)38-31)9-10-29(39-32)43-17-11-30(40-43)45-18-12-27-35(13-14-35)36(27)15-16-36/h6-11,17,22-24,26-27H,12-16,18-21H2,1-5H3,(H,37,38)(H,41,44). The van der Waals surface area contributed by atoms with E-state index in [1.54, 1.807) is 4.68 Å². The maximum absolute atomic E-state index is 13.8.